The summed E-state index contributed by atoms with van der Waals surface area (Å²) in [6, 6.07) is 17.7. The molecule has 2 aliphatic rings. The molecule has 1 unspecified atom stereocenters. The van der Waals surface area contributed by atoms with Gasteiger partial charge in [-0.1, -0.05) is 98.3 Å². The molecule has 7 atom stereocenters. The van der Waals surface area contributed by atoms with Crippen molar-refractivity contribution < 1.29 is 66.2 Å². The zero-order valence-electron chi connectivity index (χ0n) is 47.5. The van der Waals surface area contributed by atoms with E-state index in [0.717, 1.165) is 23.0 Å². The topological polar surface area (TPSA) is 300 Å². The predicted octanol–water partition coefficient (Wildman–Crippen LogP) is 4.43. The van der Waals surface area contributed by atoms with Gasteiger partial charge in [-0.15, -0.1) is 0 Å². The fraction of sp³-hybridized carbons (Fsp3) is 0.403. The molecule has 0 saturated carbocycles. The number of hydrogen-bond donors (Lipinski definition) is 9. The molecular weight excluding hydrogens is 1100 g/mol. The summed E-state index contributed by atoms with van der Waals surface area (Å²) in [4.78, 5) is 131. The second-order valence-electron chi connectivity index (χ2n) is 22.0. The molecule has 1 aromatic heterocycles. The van der Waals surface area contributed by atoms with Crippen LogP contribution in [0.3, 0.4) is 0 Å². The molecule has 3 heterocycles. The number of cyclic esters (lactones) is 1. The number of nitrogens with one attached hydrogen (secondary N) is 7. The van der Waals surface area contributed by atoms with Crippen LogP contribution < -0.4 is 37.6 Å². The molecule has 0 aliphatic carbocycles. The van der Waals surface area contributed by atoms with Crippen LogP contribution in [0.15, 0.2) is 115 Å². The molecular formula is C62H72F3N9O11. The molecule has 1 fully saturated rings. The van der Waals surface area contributed by atoms with Crippen molar-refractivity contribution in [2.75, 3.05) is 19.7 Å². The maximum Gasteiger partial charge on any atom is 0.416 e. The monoisotopic (exact) mass is 1180 g/mol. The van der Waals surface area contributed by atoms with Gasteiger partial charge in [0.15, 0.2) is 5.78 Å². The fourth-order valence-electron chi connectivity index (χ4n) is 10.4. The minimum atomic E-state index is -4.63. The Labute approximate surface area is 489 Å². The highest BCUT2D eigenvalue weighted by Gasteiger charge is 2.41. The van der Waals surface area contributed by atoms with E-state index >= 15 is 0 Å². The third-order valence-electron chi connectivity index (χ3n) is 14.7. The van der Waals surface area contributed by atoms with Crippen molar-refractivity contribution >= 4 is 64.0 Å². The zero-order chi connectivity index (χ0) is 61.4. The third-order valence-corrected chi connectivity index (χ3v) is 14.7. The van der Waals surface area contributed by atoms with Gasteiger partial charge < -0.3 is 57.4 Å². The predicted molar refractivity (Wildman–Crippen MR) is 307 cm³/mol. The highest BCUT2D eigenvalue weighted by Crippen LogP contribution is 2.31. The van der Waals surface area contributed by atoms with Crippen LogP contribution in [0.2, 0.25) is 0 Å². The molecule has 23 heteroatoms. The van der Waals surface area contributed by atoms with Crippen LogP contribution >= 0.6 is 0 Å². The Balaban J connectivity index is 1.08. The van der Waals surface area contributed by atoms with Crippen LogP contribution in [0.1, 0.15) is 85.8 Å². The number of aromatic hydroxyl groups is 1. The minimum Gasteiger partial charge on any atom is -0.508 e. The van der Waals surface area contributed by atoms with Gasteiger partial charge in [-0.25, -0.2) is 0 Å². The number of rotatable bonds is 18. The van der Waals surface area contributed by atoms with E-state index in [4.69, 9.17) is 10.5 Å². The van der Waals surface area contributed by atoms with Gasteiger partial charge in [0, 0.05) is 48.9 Å². The van der Waals surface area contributed by atoms with Gasteiger partial charge in [0.05, 0.1) is 24.6 Å². The van der Waals surface area contributed by atoms with Gasteiger partial charge in [0.1, 0.15) is 42.6 Å². The Morgan fingerprint density at radius 2 is 1.54 bits per heavy atom. The number of nitrogens with two attached hydrogens (primary N) is 1. The van der Waals surface area contributed by atoms with Crippen LogP contribution in [0.5, 0.6) is 5.75 Å². The van der Waals surface area contributed by atoms with E-state index in [-0.39, 0.29) is 75.5 Å². The van der Waals surface area contributed by atoms with E-state index in [1.807, 2.05) is 32.0 Å². The minimum absolute atomic E-state index is 0.00539. The number of H-pyrrole nitrogens is 1. The molecule has 452 valence electrons. The Hall–Kier alpha value is -8.86. The standard InChI is InChI=1S/C62H72F3N9O11/c1-36(2)24-50(59(82)71-51(31-42-34-67-48-15-8-7-14-46(42)48)58(81)68-33-40-25-37(3)26-43(28-40)62(63,64)65)72-60(83)53-17-11-22-74(53)61(84)52-32-54(77)85-23-10-9-16-49(70-56(79)47(66)29-39-18-20-44(75)21-19-39)57(80)69-35-45(76)30-41(55(78)73-52)27-38-12-5-4-6-13-38/h4-10,12-15,18-21,25-26,28,34,36,41,47,49-53,67,75H,11,16-17,22-24,27,29-33,35,66H2,1-3H3,(H,68,81)(H,69,80)(H,70,79)(H,71,82)(H,72,83)(H,73,78)/t41-,47+,49-,50+,51+,52?,53+/m1/s1. The maximum absolute atomic E-state index is 14.8. The van der Waals surface area contributed by atoms with Crippen molar-refractivity contribution in [2.24, 2.45) is 17.6 Å². The van der Waals surface area contributed by atoms with Gasteiger partial charge in [-0.05, 0) is 104 Å². The molecule has 7 amide bonds. The summed E-state index contributed by atoms with van der Waals surface area (Å²) in [6.07, 6.45) is -0.851. The number of phenolic OH excluding ortho intramolecular Hbond substituents is 1. The molecule has 85 heavy (non-hydrogen) atoms. The largest absolute Gasteiger partial charge is 0.508 e. The number of halogens is 3. The molecule has 1 saturated heterocycles. The first-order chi connectivity index (χ1) is 40.5. The first-order valence-electron chi connectivity index (χ1n) is 28.2. The second kappa shape index (κ2) is 29.6. The number of hydrogen-bond acceptors (Lipinski definition) is 12. The van der Waals surface area contributed by atoms with Gasteiger partial charge in [0.2, 0.25) is 41.4 Å². The molecule has 7 rings (SSSR count). The summed E-state index contributed by atoms with van der Waals surface area (Å²) in [5.74, 6) is -8.09. The van der Waals surface area contributed by atoms with Crippen molar-refractivity contribution in [1.29, 1.82) is 0 Å². The number of para-hydroxylation sites is 1. The van der Waals surface area contributed by atoms with E-state index in [2.05, 4.69) is 36.9 Å². The summed E-state index contributed by atoms with van der Waals surface area (Å²) >= 11 is 0. The first-order valence-corrected chi connectivity index (χ1v) is 28.2. The number of aromatic nitrogens is 1. The van der Waals surface area contributed by atoms with Gasteiger partial charge in [-0.2, -0.15) is 13.2 Å². The SMILES string of the molecule is Cc1cc(CNC(=O)[C@H](Cc2c[nH]c3ccccc23)NC(=O)[C@H](CC(C)C)NC(=O)[C@@H]2CCCN2C(=O)C2CC(=O)OCC=CC[C@@H](NC(=O)[C@@H](N)Cc3ccc(O)cc3)C(=O)NCC(=O)C[C@@H](Cc3ccccc3)C(=O)N2)cc(C(F)(F)F)c1. The number of carbonyl (C=O) groups is 9. The average Bonchev–Trinajstić information content (AvgIpc) is 4.28. The number of amides is 7. The lowest BCUT2D eigenvalue weighted by molar-refractivity contribution is -0.149. The van der Waals surface area contributed by atoms with E-state index in [1.54, 1.807) is 54.7 Å². The zero-order valence-corrected chi connectivity index (χ0v) is 47.5. The number of aryl methyl sites for hydroxylation is 1. The Morgan fingerprint density at radius 1 is 0.812 bits per heavy atom. The number of benzene rings is 4. The highest BCUT2D eigenvalue weighted by atomic mass is 19.4. The van der Waals surface area contributed by atoms with Crippen LogP contribution in [-0.4, -0.2) is 124 Å². The fourth-order valence-corrected chi connectivity index (χ4v) is 10.4. The normalized spacial score (nSPS) is 19.4. The number of Topliss-reactive ketones (excluding diaryl/α,β-unsaturated/α-hetero) is 1. The van der Waals surface area contributed by atoms with Crippen LogP contribution in [0.4, 0.5) is 13.2 Å². The van der Waals surface area contributed by atoms with E-state index in [0.29, 0.717) is 28.7 Å². The van der Waals surface area contributed by atoms with Crippen LogP contribution in [0, 0.1) is 18.8 Å². The first kappa shape index (κ1) is 63.7. The van der Waals surface area contributed by atoms with E-state index in [1.165, 1.54) is 42.2 Å². The lowest BCUT2D eigenvalue weighted by Crippen LogP contribution is -2.58. The molecule has 0 radical (unpaired) electrons. The molecule has 0 spiro atoms. The van der Waals surface area contributed by atoms with Gasteiger partial charge >= 0.3 is 12.1 Å². The maximum atomic E-state index is 14.8. The number of likely N-dealkylation sites (tertiary alicyclic amines) is 1. The van der Waals surface area contributed by atoms with Crippen LogP contribution in [-0.2, 0) is 79.9 Å². The molecule has 20 nitrogen and oxygen atoms in total. The number of ether oxygens (including phenoxy) is 1. The molecule has 0 bridgehead atoms. The van der Waals surface area contributed by atoms with E-state index < -0.39 is 126 Å². The van der Waals surface area contributed by atoms with Crippen molar-refractivity contribution in [2.45, 2.75) is 128 Å². The quantitative estimate of drug-likeness (QED) is 0.0435. The Bertz CT molecular complexity index is 3240. The summed E-state index contributed by atoms with van der Waals surface area (Å²) in [5, 5.41) is 26.5. The molecule has 5 aromatic rings. The summed E-state index contributed by atoms with van der Waals surface area (Å²) in [5.41, 5.74) is 8.51. The number of alkyl halides is 3. The van der Waals surface area contributed by atoms with Crippen LogP contribution in [0.25, 0.3) is 10.9 Å². The summed E-state index contributed by atoms with van der Waals surface area (Å²) in [6.45, 7) is 3.93. The van der Waals surface area contributed by atoms with Crippen molar-refractivity contribution in [1.82, 2.24) is 41.8 Å². The average molecular weight is 1180 g/mol. The highest BCUT2D eigenvalue weighted by molar-refractivity contribution is 5.98. The number of nitrogens with zero attached hydrogens (tertiary/aromatic N) is 1. The number of fused-ring (bicyclic) bond motifs is 1. The Morgan fingerprint density at radius 3 is 2.27 bits per heavy atom. The number of phenols is 1. The molecule has 4 aromatic carbocycles. The van der Waals surface area contributed by atoms with Crippen molar-refractivity contribution in [3.63, 3.8) is 0 Å². The van der Waals surface area contributed by atoms with E-state index in [9.17, 15) is 61.4 Å². The molecule has 2 aliphatic heterocycles. The Kier molecular flexibility index (Phi) is 22.2. The number of esters is 1. The van der Waals surface area contributed by atoms with Gasteiger partial charge in [-0.3, -0.25) is 43.2 Å². The summed E-state index contributed by atoms with van der Waals surface area (Å²) in [7, 11) is 0. The van der Waals surface area contributed by atoms with Gasteiger partial charge in [0.25, 0.3) is 0 Å². The number of ketones is 1. The van der Waals surface area contributed by atoms with Crippen molar-refractivity contribution in [3.8, 4) is 5.75 Å². The second-order valence-corrected chi connectivity index (χ2v) is 22.0. The molecule has 10 N–H and O–H groups in total. The van der Waals surface area contributed by atoms with Crippen molar-refractivity contribution in [3.05, 3.63) is 149 Å². The summed E-state index contributed by atoms with van der Waals surface area (Å²) < 4.78 is 46.7. The third kappa shape index (κ3) is 18.6. The lowest BCUT2D eigenvalue weighted by atomic mass is 9.92. The lowest BCUT2D eigenvalue weighted by Gasteiger charge is -2.31. The number of aromatic amines is 1. The smallest absolute Gasteiger partial charge is 0.416 e. The number of carbonyl (C=O) groups excluding carboxylic acids is 9.